The van der Waals surface area contributed by atoms with Gasteiger partial charge in [-0.2, -0.15) is 0 Å². The minimum atomic E-state index is 0.782. The van der Waals surface area contributed by atoms with Crippen molar-refractivity contribution in [1.29, 1.82) is 0 Å². The number of aryl methyl sites for hydroxylation is 3. The van der Waals surface area contributed by atoms with Crippen LogP contribution in [0.2, 0.25) is 0 Å². The Bertz CT molecular complexity index is 763. The molecule has 0 aliphatic carbocycles. The number of rotatable bonds is 4. The molecule has 0 spiro atoms. The zero-order chi connectivity index (χ0) is 14.8. The maximum atomic E-state index is 4.69. The van der Waals surface area contributed by atoms with Crippen LogP contribution >= 0.6 is 11.3 Å². The van der Waals surface area contributed by atoms with E-state index in [1.807, 2.05) is 6.07 Å². The van der Waals surface area contributed by atoms with Crippen molar-refractivity contribution in [2.24, 2.45) is 0 Å². The molecule has 3 rings (SSSR count). The molecule has 0 atom stereocenters. The maximum absolute atomic E-state index is 4.69. The molecule has 108 valence electrons. The Morgan fingerprint density at radius 1 is 1.10 bits per heavy atom. The summed E-state index contributed by atoms with van der Waals surface area (Å²) in [4.78, 5) is 11.8. The fourth-order valence-electron chi connectivity index (χ4n) is 2.36. The summed E-state index contributed by atoms with van der Waals surface area (Å²) in [7, 11) is 0. The van der Waals surface area contributed by atoms with Gasteiger partial charge >= 0.3 is 0 Å². The van der Waals surface area contributed by atoms with Crippen LogP contribution in [0.3, 0.4) is 0 Å². The smallest absolute Gasteiger partial charge is 0.139 e. The van der Waals surface area contributed by atoms with Crippen molar-refractivity contribution >= 4 is 27.4 Å². The summed E-state index contributed by atoms with van der Waals surface area (Å²) in [6.45, 7) is 7.17. The van der Waals surface area contributed by atoms with Gasteiger partial charge in [-0.3, -0.25) is 0 Å². The van der Waals surface area contributed by atoms with Crippen LogP contribution in [0, 0.1) is 13.8 Å². The predicted octanol–water partition coefficient (Wildman–Crippen LogP) is 4.48. The number of nitrogens with one attached hydrogen (secondary N) is 1. The first-order chi connectivity index (χ1) is 10.2. The van der Waals surface area contributed by atoms with Crippen molar-refractivity contribution in [2.75, 3.05) is 5.32 Å². The number of fused-ring (bicyclic) bond motifs is 1. The summed E-state index contributed by atoms with van der Waals surface area (Å²) in [5, 5.41) is 4.66. The van der Waals surface area contributed by atoms with Crippen LogP contribution in [0.25, 0.3) is 10.2 Å². The van der Waals surface area contributed by atoms with Gasteiger partial charge in [0.15, 0.2) is 0 Å². The fourth-order valence-corrected chi connectivity index (χ4v) is 3.41. The lowest BCUT2D eigenvalue weighted by atomic mass is 10.2. The van der Waals surface area contributed by atoms with Crippen LogP contribution in [0.1, 0.15) is 28.8 Å². The van der Waals surface area contributed by atoms with Crippen LogP contribution in [-0.2, 0) is 13.0 Å². The zero-order valence-corrected chi connectivity index (χ0v) is 13.4. The Labute approximate surface area is 129 Å². The molecule has 0 fully saturated rings. The zero-order valence-electron chi connectivity index (χ0n) is 12.6. The van der Waals surface area contributed by atoms with E-state index in [4.69, 9.17) is 4.98 Å². The minimum Gasteiger partial charge on any atom is -0.365 e. The molecule has 1 N–H and O–H groups in total. The Kier molecular flexibility index (Phi) is 3.88. The quantitative estimate of drug-likeness (QED) is 0.771. The van der Waals surface area contributed by atoms with Gasteiger partial charge in [-0.25, -0.2) is 9.97 Å². The number of aromatic nitrogens is 2. The second-order valence-corrected chi connectivity index (χ2v) is 6.35. The number of anilines is 1. The molecule has 21 heavy (non-hydrogen) atoms. The first-order valence-corrected chi connectivity index (χ1v) is 8.05. The van der Waals surface area contributed by atoms with E-state index in [0.29, 0.717) is 0 Å². The SMILES string of the molecule is CCc1nc(NCc2ccccc2)c2c(C)c(C)sc2n1. The highest BCUT2D eigenvalue weighted by atomic mass is 32.1. The third kappa shape index (κ3) is 2.76. The third-order valence-corrected chi connectivity index (χ3v) is 4.80. The monoisotopic (exact) mass is 297 g/mol. The molecule has 3 nitrogen and oxygen atoms in total. The van der Waals surface area contributed by atoms with Gasteiger partial charge in [0.25, 0.3) is 0 Å². The lowest BCUT2D eigenvalue weighted by Gasteiger charge is -2.09. The van der Waals surface area contributed by atoms with Crippen molar-refractivity contribution in [3.05, 3.63) is 52.2 Å². The molecule has 3 aromatic rings. The van der Waals surface area contributed by atoms with E-state index < -0.39 is 0 Å². The van der Waals surface area contributed by atoms with Gasteiger partial charge in [0.2, 0.25) is 0 Å². The number of hydrogen-bond acceptors (Lipinski definition) is 4. The minimum absolute atomic E-state index is 0.782. The van der Waals surface area contributed by atoms with Crippen molar-refractivity contribution in [2.45, 2.75) is 33.7 Å². The molecular weight excluding hydrogens is 278 g/mol. The van der Waals surface area contributed by atoms with Crippen LogP contribution in [0.4, 0.5) is 5.82 Å². The highest BCUT2D eigenvalue weighted by Gasteiger charge is 2.13. The summed E-state index contributed by atoms with van der Waals surface area (Å²) < 4.78 is 0. The molecular formula is C17H19N3S. The first-order valence-electron chi connectivity index (χ1n) is 7.23. The van der Waals surface area contributed by atoms with Crippen LogP contribution in [0.5, 0.6) is 0 Å². The second-order valence-electron chi connectivity index (χ2n) is 5.14. The van der Waals surface area contributed by atoms with E-state index in [9.17, 15) is 0 Å². The van der Waals surface area contributed by atoms with Gasteiger partial charge in [0.05, 0.1) is 5.39 Å². The molecule has 0 saturated heterocycles. The summed E-state index contributed by atoms with van der Waals surface area (Å²) in [6.07, 6.45) is 0.853. The number of thiophene rings is 1. The van der Waals surface area contributed by atoms with Gasteiger partial charge < -0.3 is 5.32 Å². The van der Waals surface area contributed by atoms with Gasteiger partial charge in [-0.05, 0) is 25.0 Å². The Morgan fingerprint density at radius 3 is 2.57 bits per heavy atom. The summed E-state index contributed by atoms with van der Waals surface area (Å²) in [5.74, 6) is 1.86. The molecule has 2 aromatic heterocycles. The summed E-state index contributed by atoms with van der Waals surface area (Å²) >= 11 is 1.75. The van der Waals surface area contributed by atoms with Crippen molar-refractivity contribution in [1.82, 2.24) is 9.97 Å². The van der Waals surface area contributed by atoms with E-state index in [-0.39, 0.29) is 0 Å². The van der Waals surface area contributed by atoms with E-state index >= 15 is 0 Å². The molecule has 4 heteroatoms. The van der Waals surface area contributed by atoms with Crippen molar-refractivity contribution < 1.29 is 0 Å². The molecule has 0 aliphatic heterocycles. The topological polar surface area (TPSA) is 37.8 Å². The van der Waals surface area contributed by atoms with Crippen LogP contribution < -0.4 is 5.32 Å². The molecule has 2 heterocycles. The van der Waals surface area contributed by atoms with Crippen LogP contribution in [0.15, 0.2) is 30.3 Å². The lowest BCUT2D eigenvalue weighted by molar-refractivity contribution is 0.956. The fraction of sp³-hybridized carbons (Fsp3) is 0.294. The van der Waals surface area contributed by atoms with E-state index in [2.05, 4.69) is 55.3 Å². The summed E-state index contributed by atoms with van der Waals surface area (Å²) in [6, 6.07) is 10.4. The molecule has 0 saturated carbocycles. The molecule has 1 aromatic carbocycles. The summed E-state index contributed by atoms with van der Waals surface area (Å²) in [5.41, 5.74) is 2.54. The predicted molar refractivity (Wildman–Crippen MR) is 90.0 cm³/mol. The second kappa shape index (κ2) is 5.82. The number of nitrogens with zero attached hydrogens (tertiary/aromatic N) is 2. The highest BCUT2D eigenvalue weighted by Crippen LogP contribution is 2.33. The molecule has 0 radical (unpaired) electrons. The highest BCUT2D eigenvalue weighted by molar-refractivity contribution is 7.18. The Morgan fingerprint density at radius 2 is 1.86 bits per heavy atom. The normalized spacial score (nSPS) is 11.0. The van der Waals surface area contributed by atoms with Crippen molar-refractivity contribution in [3.8, 4) is 0 Å². The van der Waals surface area contributed by atoms with Gasteiger partial charge in [0, 0.05) is 17.8 Å². The van der Waals surface area contributed by atoms with E-state index in [0.717, 1.165) is 29.4 Å². The largest absolute Gasteiger partial charge is 0.365 e. The molecule has 0 aliphatic rings. The average molecular weight is 297 g/mol. The molecule has 0 bridgehead atoms. The van der Waals surface area contributed by atoms with E-state index in [1.165, 1.54) is 21.4 Å². The standard InChI is InChI=1S/C17H19N3S/c1-4-14-19-16(18-10-13-8-6-5-7-9-13)15-11(2)12(3)21-17(15)20-14/h5-9H,4,10H2,1-3H3,(H,18,19,20). The van der Waals surface area contributed by atoms with E-state index in [1.54, 1.807) is 11.3 Å². The van der Waals surface area contributed by atoms with Gasteiger partial charge in [0.1, 0.15) is 16.5 Å². The third-order valence-electron chi connectivity index (χ3n) is 3.69. The Balaban J connectivity index is 1.99. The van der Waals surface area contributed by atoms with Gasteiger partial charge in [-0.15, -0.1) is 11.3 Å². The molecule has 0 unspecified atom stereocenters. The first kappa shape index (κ1) is 14.0. The Hall–Kier alpha value is -1.94. The average Bonchev–Trinajstić information content (AvgIpc) is 2.80. The maximum Gasteiger partial charge on any atom is 0.139 e. The van der Waals surface area contributed by atoms with Crippen molar-refractivity contribution in [3.63, 3.8) is 0 Å². The lowest BCUT2D eigenvalue weighted by Crippen LogP contribution is -2.05. The number of benzene rings is 1. The number of hydrogen-bond donors (Lipinski definition) is 1. The van der Waals surface area contributed by atoms with Crippen LogP contribution in [-0.4, -0.2) is 9.97 Å². The molecule has 0 amide bonds. The van der Waals surface area contributed by atoms with Gasteiger partial charge in [-0.1, -0.05) is 37.3 Å².